The summed E-state index contributed by atoms with van der Waals surface area (Å²) >= 11 is 1.20. The lowest BCUT2D eigenvalue weighted by Crippen LogP contribution is -2.19. The quantitative estimate of drug-likeness (QED) is 0.593. The van der Waals surface area contributed by atoms with Gasteiger partial charge >= 0.3 is 0 Å². The SMILES string of the molecule is CC(C)c1ccc(-n2nnnc2SCC(=O)Nc2ccccc2C(N)=O)cc1. The Kier molecular flexibility index (Phi) is 6.05. The maximum atomic E-state index is 12.3. The average Bonchev–Trinajstić information content (AvgIpc) is 3.15. The first-order valence-corrected chi connectivity index (χ1v) is 9.64. The first-order valence-electron chi connectivity index (χ1n) is 8.66. The lowest BCUT2D eigenvalue weighted by atomic mass is 10.0. The van der Waals surface area contributed by atoms with Crippen LogP contribution < -0.4 is 11.1 Å². The normalized spacial score (nSPS) is 10.8. The number of nitrogens with one attached hydrogen (secondary N) is 1. The van der Waals surface area contributed by atoms with E-state index in [9.17, 15) is 9.59 Å². The number of benzene rings is 2. The van der Waals surface area contributed by atoms with Gasteiger partial charge in [-0.15, -0.1) is 5.10 Å². The van der Waals surface area contributed by atoms with Gasteiger partial charge in [-0.2, -0.15) is 4.68 Å². The fourth-order valence-corrected chi connectivity index (χ4v) is 3.25. The predicted octanol–water partition coefficient (Wildman–Crippen LogP) is 2.62. The van der Waals surface area contributed by atoms with Crippen molar-refractivity contribution in [2.45, 2.75) is 24.9 Å². The third kappa shape index (κ3) is 4.55. The van der Waals surface area contributed by atoms with Gasteiger partial charge in [0, 0.05) is 0 Å². The van der Waals surface area contributed by atoms with E-state index in [4.69, 9.17) is 5.73 Å². The number of hydrogen-bond donors (Lipinski definition) is 2. The Labute approximate surface area is 166 Å². The molecule has 0 saturated carbocycles. The number of nitrogens with two attached hydrogens (primary N) is 1. The van der Waals surface area contributed by atoms with E-state index in [1.165, 1.54) is 17.3 Å². The number of rotatable bonds is 7. The third-order valence-corrected chi connectivity index (χ3v) is 4.96. The Hall–Kier alpha value is -3.20. The minimum atomic E-state index is -0.600. The summed E-state index contributed by atoms with van der Waals surface area (Å²) in [4.78, 5) is 23.7. The van der Waals surface area contributed by atoms with Gasteiger partial charge in [-0.25, -0.2) is 0 Å². The number of thioether (sulfide) groups is 1. The van der Waals surface area contributed by atoms with Gasteiger partial charge in [-0.3, -0.25) is 9.59 Å². The summed E-state index contributed by atoms with van der Waals surface area (Å²) in [5.41, 5.74) is 8.01. The van der Waals surface area contributed by atoms with Crippen LogP contribution in [0, 0.1) is 0 Å². The van der Waals surface area contributed by atoms with Crippen LogP contribution in [0.2, 0.25) is 0 Å². The highest BCUT2D eigenvalue weighted by Gasteiger charge is 2.14. The second-order valence-corrected chi connectivity index (χ2v) is 7.31. The summed E-state index contributed by atoms with van der Waals surface area (Å²) in [6.45, 7) is 4.25. The molecule has 0 aliphatic heterocycles. The average molecular weight is 396 g/mol. The van der Waals surface area contributed by atoms with Crippen molar-refractivity contribution < 1.29 is 9.59 Å². The summed E-state index contributed by atoms with van der Waals surface area (Å²) in [5.74, 6) is -0.373. The summed E-state index contributed by atoms with van der Waals surface area (Å²) < 4.78 is 1.58. The standard InChI is InChI=1S/C19H20N6O2S/c1-12(2)13-7-9-14(10-8-13)25-19(22-23-24-25)28-11-17(26)21-16-6-4-3-5-15(16)18(20)27/h3-10,12H,11H2,1-2H3,(H2,20,27)(H,21,26). The Morgan fingerprint density at radius 3 is 2.54 bits per heavy atom. The first kappa shape index (κ1) is 19.6. The molecule has 0 bridgehead atoms. The predicted molar refractivity (Wildman–Crippen MR) is 108 cm³/mol. The molecule has 1 heterocycles. The molecule has 0 atom stereocenters. The van der Waals surface area contributed by atoms with Crippen LogP contribution in [0.3, 0.4) is 0 Å². The molecule has 0 fully saturated rings. The minimum absolute atomic E-state index is 0.0809. The maximum Gasteiger partial charge on any atom is 0.250 e. The molecule has 9 heteroatoms. The smallest absolute Gasteiger partial charge is 0.250 e. The molecule has 0 spiro atoms. The van der Waals surface area contributed by atoms with Gasteiger partial charge in [-0.05, 0) is 46.2 Å². The zero-order valence-corrected chi connectivity index (χ0v) is 16.3. The lowest BCUT2D eigenvalue weighted by Gasteiger charge is -2.09. The van der Waals surface area contributed by atoms with Crippen molar-refractivity contribution in [3.63, 3.8) is 0 Å². The summed E-state index contributed by atoms with van der Waals surface area (Å²) in [6.07, 6.45) is 0. The van der Waals surface area contributed by atoms with Gasteiger partial charge in [0.15, 0.2) is 0 Å². The molecular weight excluding hydrogens is 376 g/mol. The molecule has 0 aliphatic carbocycles. The van der Waals surface area contributed by atoms with Gasteiger partial charge in [-0.1, -0.05) is 49.9 Å². The maximum absolute atomic E-state index is 12.3. The molecule has 0 saturated heterocycles. The Morgan fingerprint density at radius 1 is 1.14 bits per heavy atom. The molecule has 28 heavy (non-hydrogen) atoms. The number of hydrogen-bond acceptors (Lipinski definition) is 6. The van der Waals surface area contributed by atoms with Crippen LogP contribution in [0.5, 0.6) is 0 Å². The molecular formula is C19H20N6O2S. The van der Waals surface area contributed by atoms with Gasteiger partial charge < -0.3 is 11.1 Å². The monoisotopic (exact) mass is 396 g/mol. The van der Waals surface area contributed by atoms with Crippen molar-refractivity contribution in [2.75, 3.05) is 11.1 Å². The number of primary amides is 1. The van der Waals surface area contributed by atoms with Crippen molar-refractivity contribution in [2.24, 2.45) is 5.73 Å². The zero-order chi connectivity index (χ0) is 20.1. The van der Waals surface area contributed by atoms with Gasteiger partial charge in [0.05, 0.1) is 22.7 Å². The van der Waals surface area contributed by atoms with E-state index in [-0.39, 0.29) is 17.2 Å². The van der Waals surface area contributed by atoms with Crippen LogP contribution in [-0.4, -0.2) is 37.8 Å². The summed E-state index contributed by atoms with van der Waals surface area (Å²) in [5, 5.41) is 14.9. The number of aromatic nitrogens is 4. The van der Waals surface area contributed by atoms with E-state index in [1.807, 2.05) is 24.3 Å². The summed E-state index contributed by atoms with van der Waals surface area (Å²) in [6, 6.07) is 14.5. The number of amides is 2. The molecule has 3 N–H and O–H groups in total. The summed E-state index contributed by atoms with van der Waals surface area (Å²) in [7, 11) is 0. The number of para-hydroxylation sites is 1. The van der Waals surface area contributed by atoms with E-state index in [0.717, 1.165) is 5.69 Å². The molecule has 2 aromatic carbocycles. The zero-order valence-electron chi connectivity index (χ0n) is 15.5. The van der Waals surface area contributed by atoms with Crippen molar-refractivity contribution >= 4 is 29.3 Å². The van der Waals surface area contributed by atoms with Crippen LogP contribution in [-0.2, 0) is 4.79 Å². The van der Waals surface area contributed by atoms with E-state index in [1.54, 1.807) is 28.9 Å². The van der Waals surface area contributed by atoms with Gasteiger partial charge in [0.25, 0.3) is 5.91 Å². The molecule has 2 amide bonds. The van der Waals surface area contributed by atoms with E-state index >= 15 is 0 Å². The molecule has 0 unspecified atom stereocenters. The van der Waals surface area contributed by atoms with Crippen LogP contribution >= 0.6 is 11.8 Å². The largest absolute Gasteiger partial charge is 0.366 e. The number of tetrazole rings is 1. The fraction of sp³-hybridized carbons (Fsp3) is 0.211. The van der Waals surface area contributed by atoms with Crippen molar-refractivity contribution in [3.05, 3.63) is 59.7 Å². The molecule has 0 radical (unpaired) electrons. The highest BCUT2D eigenvalue weighted by molar-refractivity contribution is 7.99. The van der Waals surface area contributed by atoms with Crippen molar-refractivity contribution in [3.8, 4) is 5.69 Å². The molecule has 3 rings (SSSR count). The Bertz CT molecular complexity index is 984. The molecule has 3 aromatic rings. The number of carbonyl (C=O) groups is 2. The minimum Gasteiger partial charge on any atom is -0.366 e. The second-order valence-electron chi connectivity index (χ2n) is 6.37. The Balaban J connectivity index is 1.67. The fourth-order valence-electron chi connectivity index (χ4n) is 2.55. The van der Waals surface area contributed by atoms with Crippen molar-refractivity contribution in [1.82, 2.24) is 20.2 Å². The second kappa shape index (κ2) is 8.66. The number of anilines is 1. The van der Waals surface area contributed by atoms with Crippen LogP contribution in [0.15, 0.2) is 53.7 Å². The molecule has 0 aliphatic rings. The van der Waals surface area contributed by atoms with Crippen molar-refractivity contribution in [1.29, 1.82) is 0 Å². The van der Waals surface area contributed by atoms with E-state index < -0.39 is 5.91 Å². The molecule has 8 nitrogen and oxygen atoms in total. The van der Waals surface area contributed by atoms with Crippen LogP contribution in [0.25, 0.3) is 5.69 Å². The molecule has 1 aromatic heterocycles. The highest BCUT2D eigenvalue weighted by atomic mass is 32.2. The van der Waals surface area contributed by atoms with Crippen LogP contribution in [0.1, 0.15) is 35.7 Å². The molecule has 144 valence electrons. The third-order valence-electron chi connectivity index (χ3n) is 4.04. The number of nitrogens with zero attached hydrogens (tertiary/aromatic N) is 4. The lowest BCUT2D eigenvalue weighted by molar-refractivity contribution is -0.113. The number of carbonyl (C=O) groups excluding carboxylic acids is 2. The van der Waals surface area contributed by atoms with Crippen LogP contribution in [0.4, 0.5) is 5.69 Å². The van der Waals surface area contributed by atoms with Gasteiger partial charge in [0.2, 0.25) is 11.1 Å². The Morgan fingerprint density at radius 2 is 1.86 bits per heavy atom. The topological polar surface area (TPSA) is 116 Å². The van der Waals surface area contributed by atoms with E-state index in [0.29, 0.717) is 16.8 Å². The van der Waals surface area contributed by atoms with E-state index in [2.05, 4.69) is 34.7 Å². The highest BCUT2D eigenvalue weighted by Crippen LogP contribution is 2.21. The first-order chi connectivity index (χ1) is 13.5. The van der Waals surface area contributed by atoms with Gasteiger partial charge in [0.1, 0.15) is 0 Å².